The Bertz CT molecular complexity index is 410. The summed E-state index contributed by atoms with van der Waals surface area (Å²) in [5, 5.41) is 3.21. The first-order valence-electron chi connectivity index (χ1n) is 5.90. The molecular weight excluding hydrogens is 214 g/mol. The van der Waals surface area contributed by atoms with Crippen molar-refractivity contribution in [2.75, 3.05) is 18.5 Å². The van der Waals surface area contributed by atoms with Gasteiger partial charge in [-0.1, -0.05) is 12.8 Å². The lowest BCUT2D eigenvalue weighted by atomic mass is 10.2. The molecule has 0 radical (unpaired) electrons. The third-order valence-electron chi connectivity index (χ3n) is 2.26. The van der Waals surface area contributed by atoms with Crippen molar-refractivity contribution in [1.82, 2.24) is 9.97 Å². The van der Waals surface area contributed by atoms with Gasteiger partial charge >= 0.3 is 0 Å². The van der Waals surface area contributed by atoms with E-state index < -0.39 is 0 Å². The molecule has 0 bridgehead atoms. The van der Waals surface area contributed by atoms with Gasteiger partial charge in [-0.25, -0.2) is 4.98 Å². The zero-order valence-corrected chi connectivity index (χ0v) is 10.7. The second-order valence-electron chi connectivity index (χ2n) is 3.69. The van der Waals surface area contributed by atoms with Gasteiger partial charge in [-0.3, -0.25) is 0 Å². The van der Waals surface area contributed by atoms with Crippen molar-refractivity contribution in [1.29, 1.82) is 0 Å². The maximum absolute atomic E-state index is 5.43. The highest BCUT2D eigenvalue weighted by molar-refractivity contribution is 5.48. The second-order valence-corrected chi connectivity index (χ2v) is 3.69. The lowest BCUT2D eigenvalue weighted by molar-refractivity contribution is 0.350. The van der Waals surface area contributed by atoms with Gasteiger partial charge < -0.3 is 10.1 Å². The molecule has 4 nitrogen and oxygen atoms in total. The van der Waals surface area contributed by atoms with E-state index in [2.05, 4.69) is 28.1 Å². The Labute approximate surface area is 103 Å². The van der Waals surface area contributed by atoms with Crippen LogP contribution in [-0.4, -0.2) is 23.1 Å². The van der Waals surface area contributed by atoms with Crippen molar-refractivity contribution in [2.24, 2.45) is 0 Å². The van der Waals surface area contributed by atoms with E-state index in [1.165, 1.54) is 0 Å². The van der Waals surface area contributed by atoms with E-state index >= 15 is 0 Å². The smallest absolute Gasteiger partial charge is 0.222 e. The quantitative estimate of drug-likeness (QED) is 0.765. The van der Waals surface area contributed by atoms with Crippen LogP contribution in [0.4, 0.5) is 5.82 Å². The van der Waals surface area contributed by atoms with Crippen LogP contribution >= 0.6 is 0 Å². The Balaban J connectivity index is 3.04. The van der Waals surface area contributed by atoms with Crippen LogP contribution in [0.15, 0.2) is 0 Å². The minimum absolute atomic E-state index is 0.231. The lowest BCUT2D eigenvalue weighted by Crippen LogP contribution is -2.09. The summed E-state index contributed by atoms with van der Waals surface area (Å²) in [6.07, 6.45) is 7.03. The molecule has 1 heterocycles. The molecule has 0 saturated heterocycles. The molecular formula is C13H19N3O. The maximum Gasteiger partial charge on any atom is 0.222 e. The molecule has 0 aromatic carbocycles. The summed E-state index contributed by atoms with van der Waals surface area (Å²) in [6.45, 7) is 7.10. The minimum Gasteiger partial charge on any atom is -0.464 e. The number of hydrogen-bond acceptors (Lipinski definition) is 4. The fraction of sp³-hybridized carbons (Fsp3) is 0.538. The van der Waals surface area contributed by atoms with Gasteiger partial charge in [0.15, 0.2) is 6.61 Å². The summed E-state index contributed by atoms with van der Waals surface area (Å²) in [5.41, 5.74) is 0.905. The molecule has 0 atom stereocenters. The standard InChI is InChI=1S/C13H19N3O/c1-5-8-11-15-12(14-7-3)10(4)13(16-11)17-9-6-2/h2H,5,7-9H2,1,3-4H3,(H,14,15,16). The first-order chi connectivity index (χ1) is 8.22. The van der Waals surface area contributed by atoms with Gasteiger partial charge in [0.1, 0.15) is 11.6 Å². The predicted molar refractivity (Wildman–Crippen MR) is 69.3 cm³/mol. The van der Waals surface area contributed by atoms with Gasteiger partial charge in [-0.05, 0) is 20.3 Å². The summed E-state index contributed by atoms with van der Waals surface area (Å²) in [4.78, 5) is 8.84. The minimum atomic E-state index is 0.231. The molecule has 0 aliphatic heterocycles. The fourth-order valence-electron chi connectivity index (χ4n) is 1.47. The molecule has 0 unspecified atom stereocenters. The van der Waals surface area contributed by atoms with Crippen molar-refractivity contribution in [2.45, 2.75) is 33.6 Å². The summed E-state index contributed by atoms with van der Waals surface area (Å²) in [6, 6.07) is 0. The maximum atomic E-state index is 5.43. The highest BCUT2D eigenvalue weighted by atomic mass is 16.5. The Morgan fingerprint density at radius 1 is 1.35 bits per heavy atom. The Kier molecular flexibility index (Phi) is 5.28. The van der Waals surface area contributed by atoms with Crippen LogP contribution in [0.1, 0.15) is 31.7 Å². The second kappa shape index (κ2) is 6.74. The van der Waals surface area contributed by atoms with Crippen LogP contribution in [0.3, 0.4) is 0 Å². The van der Waals surface area contributed by atoms with Gasteiger partial charge in [0.2, 0.25) is 5.88 Å². The molecule has 0 spiro atoms. The Hall–Kier alpha value is -1.76. The van der Waals surface area contributed by atoms with E-state index in [-0.39, 0.29) is 6.61 Å². The number of nitrogens with zero attached hydrogens (tertiary/aromatic N) is 2. The molecule has 92 valence electrons. The summed E-state index contributed by atoms with van der Waals surface area (Å²) in [7, 11) is 0. The molecule has 0 aliphatic carbocycles. The number of aryl methyl sites for hydroxylation is 1. The molecule has 1 aromatic heterocycles. The summed E-state index contributed by atoms with van der Waals surface area (Å²) >= 11 is 0. The molecule has 0 fully saturated rings. The van der Waals surface area contributed by atoms with Crippen LogP contribution in [0, 0.1) is 19.3 Å². The first-order valence-corrected chi connectivity index (χ1v) is 5.90. The largest absolute Gasteiger partial charge is 0.464 e. The van der Waals surface area contributed by atoms with Gasteiger partial charge in [0, 0.05) is 13.0 Å². The van der Waals surface area contributed by atoms with Crippen LogP contribution in [0.25, 0.3) is 0 Å². The van der Waals surface area contributed by atoms with E-state index in [1.54, 1.807) is 0 Å². The third-order valence-corrected chi connectivity index (χ3v) is 2.26. The first kappa shape index (κ1) is 13.3. The van der Waals surface area contributed by atoms with E-state index in [9.17, 15) is 0 Å². The Morgan fingerprint density at radius 3 is 2.71 bits per heavy atom. The van der Waals surface area contributed by atoms with Crippen molar-refractivity contribution in [3.63, 3.8) is 0 Å². The predicted octanol–water partition coefficient (Wildman–Crippen LogP) is 2.18. The molecule has 1 aromatic rings. The van der Waals surface area contributed by atoms with Gasteiger partial charge in [0.25, 0.3) is 0 Å². The number of rotatable bonds is 6. The average Bonchev–Trinajstić information content (AvgIpc) is 2.32. The molecule has 0 saturated carbocycles. The van der Waals surface area contributed by atoms with Crippen molar-refractivity contribution < 1.29 is 4.74 Å². The lowest BCUT2D eigenvalue weighted by Gasteiger charge is -2.12. The van der Waals surface area contributed by atoms with E-state index in [0.29, 0.717) is 5.88 Å². The Morgan fingerprint density at radius 2 is 2.12 bits per heavy atom. The van der Waals surface area contributed by atoms with Crippen molar-refractivity contribution in [3.05, 3.63) is 11.4 Å². The molecule has 1 N–H and O–H groups in total. The van der Waals surface area contributed by atoms with Crippen LogP contribution < -0.4 is 10.1 Å². The normalized spacial score (nSPS) is 9.76. The van der Waals surface area contributed by atoms with Crippen molar-refractivity contribution >= 4 is 5.82 Å². The van der Waals surface area contributed by atoms with Gasteiger partial charge in [0.05, 0.1) is 5.56 Å². The SMILES string of the molecule is C#CCOc1nc(CCC)nc(NCC)c1C. The molecule has 1 rings (SSSR count). The van der Waals surface area contributed by atoms with E-state index in [4.69, 9.17) is 11.2 Å². The van der Waals surface area contributed by atoms with E-state index in [1.807, 2.05) is 13.8 Å². The summed E-state index contributed by atoms with van der Waals surface area (Å²) in [5.74, 6) is 4.65. The number of ether oxygens (including phenoxy) is 1. The average molecular weight is 233 g/mol. The molecule has 0 amide bonds. The van der Waals surface area contributed by atoms with Crippen LogP contribution in [-0.2, 0) is 6.42 Å². The van der Waals surface area contributed by atoms with Gasteiger partial charge in [-0.15, -0.1) is 6.42 Å². The fourth-order valence-corrected chi connectivity index (χ4v) is 1.47. The number of nitrogens with one attached hydrogen (secondary N) is 1. The number of anilines is 1. The number of hydrogen-bond donors (Lipinski definition) is 1. The summed E-state index contributed by atoms with van der Waals surface area (Å²) < 4.78 is 5.43. The van der Waals surface area contributed by atoms with Gasteiger partial charge in [-0.2, -0.15) is 4.98 Å². The molecule has 4 heteroatoms. The monoisotopic (exact) mass is 233 g/mol. The number of terminal acetylenes is 1. The van der Waals surface area contributed by atoms with Crippen LogP contribution in [0.2, 0.25) is 0 Å². The number of aromatic nitrogens is 2. The van der Waals surface area contributed by atoms with Crippen molar-refractivity contribution in [3.8, 4) is 18.2 Å². The van der Waals surface area contributed by atoms with E-state index in [0.717, 1.165) is 36.6 Å². The topological polar surface area (TPSA) is 47.0 Å². The third kappa shape index (κ3) is 3.63. The molecule has 0 aliphatic rings. The zero-order valence-electron chi connectivity index (χ0n) is 10.7. The highest BCUT2D eigenvalue weighted by Crippen LogP contribution is 2.22. The zero-order chi connectivity index (χ0) is 12.7. The highest BCUT2D eigenvalue weighted by Gasteiger charge is 2.10. The van der Waals surface area contributed by atoms with Crippen LogP contribution in [0.5, 0.6) is 5.88 Å². The molecule has 17 heavy (non-hydrogen) atoms.